The molecule has 0 atom stereocenters. The van der Waals surface area contributed by atoms with Crippen LogP contribution in [0.5, 0.6) is 0 Å². The van der Waals surface area contributed by atoms with Crippen molar-refractivity contribution in [1.82, 2.24) is 0 Å². The van der Waals surface area contributed by atoms with Crippen molar-refractivity contribution in [2.24, 2.45) is 10.2 Å². The van der Waals surface area contributed by atoms with Gasteiger partial charge < -0.3 is 5.73 Å². The van der Waals surface area contributed by atoms with Gasteiger partial charge in [-0.1, -0.05) is 12.1 Å². The van der Waals surface area contributed by atoms with Crippen LogP contribution in [0.2, 0.25) is 0 Å². The van der Waals surface area contributed by atoms with Crippen LogP contribution in [0.25, 0.3) is 0 Å². The van der Waals surface area contributed by atoms with Gasteiger partial charge >= 0.3 is 0 Å². The molecule has 0 radical (unpaired) electrons. The number of thiol groups is 1. The van der Waals surface area contributed by atoms with Crippen LogP contribution in [0.1, 0.15) is 0 Å². The summed E-state index contributed by atoms with van der Waals surface area (Å²) in [7, 11) is 0. The van der Waals surface area contributed by atoms with E-state index >= 15 is 0 Å². The second-order valence-corrected chi connectivity index (χ2v) is 3.79. The van der Waals surface area contributed by atoms with Crippen molar-refractivity contribution in [3.05, 3.63) is 48.5 Å². The third-order valence-corrected chi connectivity index (χ3v) is 2.36. The quantitative estimate of drug-likeness (QED) is 0.457. The molecule has 80 valence electrons. The molecule has 2 aromatic rings. The van der Waals surface area contributed by atoms with Crippen molar-refractivity contribution in [3.63, 3.8) is 0 Å². The van der Waals surface area contributed by atoms with Gasteiger partial charge in [-0.3, -0.25) is 0 Å². The SMILES string of the molecule is Nc1ccccc1N=Nc1ccc(S)cc1. The predicted octanol–water partition coefficient (Wildman–Crippen LogP) is 3.97. The fraction of sp³-hybridized carbons (Fsp3) is 0. The molecule has 3 nitrogen and oxygen atoms in total. The molecule has 0 spiro atoms. The number of benzene rings is 2. The number of para-hydroxylation sites is 1. The van der Waals surface area contributed by atoms with Crippen molar-refractivity contribution >= 4 is 29.7 Å². The molecule has 0 amide bonds. The van der Waals surface area contributed by atoms with Gasteiger partial charge in [-0.15, -0.1) is 17.7 Å². The van der Waals surface area contributed by atoms with Gasteiger partial charge in [0.05, 0.1) is 11.4 Å². The van der Waals surface area contributed by atoms with E-state index in [1.165, 1.54) is 0 Å². The topological polar surface area (TPSA) is 50.7 Å². The molecule has 0 saturated carbocycles. The summed E-state index contributed by atoms with van der Waals surface area (Å²) in [4.78, 5) is 0.901. The highest BCUT2D eigenvalue weighted by Gasteiger charge is 1.94. The highest BCUT2D eigenvalue weighted by molar-refractivity contribution is 7.80. The summed E-state index contributed by atoms with van der Waals surface area (Å²) >= 11 is 4.19. The number of azo groups is 1. The second-order valence-electron chi connectivity index (χ2n) is 3.28. The first kappa shape index (κ1) is 10.7. The zero-order chi connectivity index (χ0) is 11.4. The molecule has 16 heavy (non-hydrogen) atoms. The molecule has 0 heterocycles. The van der Waals surface area contributed by atoms with Crippen LogP contribution in [0.3, 0.4) is 0 Å². The number of nitrogens with zero attached hydrogens (tertiary/aromatic N) is 2. The fourth-order valence-corrected chi connectivity index (χ4v) is 1.36. The Morgan fingerprint density at radius 3 is 2.25 bits per heavy atom. The zero-order valence-electron chi connectivity index (χ0n) is 8.54. The van der Waals surface area contributed by atoms with Gasteiger partial charge in [-0.2, -0.15) is 5.11 Å². The van der Waals surface area contributed by atoms with E-state index in [-0.39, 0.29) is 0 Å². The van der Waals surface area contributed by atoms with E-state index in [2.05, 4.69) is 22.9 Å². The number of anilines is 1. The van der Waals surface area contributed by atoms with Crippen LogP contribution in [0, 0.1) is 0 Å². The summed E-state index contributed by atoms with van der Waals surface area (Å²) in [5.41, 5.74) is 7.82. The molecule has 2 aromatic carbocycles. The molecule has 4 heteroatoms. The van der Waals surface area contributed by atoms with Crippen molar-refractivity contribution in [2.75, 3.05) is 5.73 Å². The molecule has 2 rings (SSSR count). The molecular formula is C12H11N3S. The fourth-order valence-electron chi connectivity index (χ4n) is 1.21. The maximum absolute atomic E-state index is 5.74. The molecule has 0 fully saturated rings. The normalized spacial score (nSPS) is 10.8. The Morgan fingerprint density at radius 2 is 1.56 bits per heavy atom. The van der Waals surface area contributed by atoms with E-state index in [4.69, 9.17) is 5.73 Å². The van der Waals surface area contributed by atoms with Crippen LogP contribution in [-0.2, 0) is 0 Å². The molecular weight excluding hydrogens is 218 g/mol. The average molecular weight is 229 g/mol. The van der Waals surface area contributed by atoms with Crippen LogP contribution >= 0.6 is 12.6 Å². The van der Waals surface area contributed by atoms with Gasteiger partial charge in [0.2, 0.25) is 0 Å². The van der Waals surface area contributed by atoms with Crippen molar-refractivity contribution in [3.8, 4) is 0 Å². The van der Waals surface area contributed by atoms with Crippen LogP contribution in [0.15, 0.2) is 63.7 Å². The first-order valence-electron chi connectivity index (χ1n) is 4.81. The monoisotopic (exact) mass is 229 g/mol. The van der Waals surface area contributed by atoms with Crippen molar-refractivity contribution in [1.29, 1.82) is 0 Å². The van der Waals surface area contributed by atoms with Gasteiger partial charge in [0.25, 0.3) is 0 Å². The minimum Gasteiger partial charge on any atom is -0.397 e. The Kier molecular flexibility index (Phi) is 3.22. The van der Waals surface area contributed by atoms with Gasteiger partial charge in [0.15, 0.2) is 0 Å². The van der Waals surface area contributed by atoms with E-state index in [9.17, 15) is 0 Å². The minimum absolute atomic E-state index is 0.622. The number of rotatable bonds is 2. The average Bonchev–Trinajstić information content (AvgIpc) is 2.30. The lowest BCUT2D eigenvalue weighted by atomic mass is 10.3. The maximum atomic E-state index is 5.74. The summed E-state index contributed by atoms with van der Waals surface area (Å²) in [6.07, 6.45) is 0. The molecule has 2 N–H and O–H groups in total. The molecule has 0 aliphatic heterocycles. The predicted molar refractivity (Wildman–Crippen MR) is 68.7 cm³/mol. The lowest BCUT2D eigenvalue weighted by Crippen LogP contribution is -1.82. The highest BCUT2D eigenvalue weighted by Crippen LogP contribution is 2.24. The highest BCUT2D eigenvalue weighted by atomic mass is 32.1. The molecule has 0 saturated heterocycles. The smallest absolute Gasteiger partial charge is 0.109 e. The minimum atomic E-state index is 0.622. The lowest BCUT2D eigenvalue weighted by Gasteiger charge is -1.97. The van der Waals surface area contributed by atoms with E-state index < -0.39 is 0 Å². The molecule has 0 bridgehead atoms. The lowest BCUT2D eigenvalue weighted by molar-refractivity contribution is 1.23. The molecule has 0 aromatic heterocycles. The largest absolute Gasteiger partial charge is 0.397 e. The number of nitrogens with two attached hydrogens (primary N) is 1. The Morgan fingerprint density at radius 1 is 0.875 bits per heavy atom. The Hall–Kier alpha value is -1.81. The van der Waals surface area contributed by atoms with E-state index in [0.29, 0.717) is 11.4 Å². The Bertz CT molecular complexity index is 506. The van der Waals surface area contributed by atoms with Gasteiger partial charge in [-0.05, 0) is 36.4 Å². The van der Waals surface area contributed by atoms with Crippen LogP contribution in [0.4, 0.5) is 17.1 Å². The molecule has 0 aliphatic carbocycles. The van der Waals surface area contributed by atoms with E-state index in [1.54, 1.807) is 6.07 Å². The molecule has 0 unspecified atom stereocenters. The Balaban J connectivity index is 2.21. The molecule has 0 aliphatic rings. The summed E-state index contributed by atoms with van der Waals surface area (Å²) in [5, 5.41) is 8.17. The van der Waals surface area contributed by atoms with Crippen molar-refractivity contribution in [2.45, 2.75) is 4.90 Å². The van der Waals surface area contributed by atoms with E-state index in [1.807, 2.05) is 42.5 Å². The standard InChI is InChI=1S/C12H11N3S/c13-11-3-1-2-4-12(11)15-14-9-5-7-10(16)8-6-9/h1-8,16H,13H2. The summed E-state index contributed by atoms with van der Waals surface area (Å²) in [6.45, 7) is 0. The number of hydrogen-bond donors (Lipinski definition) is 2. The number of nitrogen functional groups attached to an aromatic ring is 1. The van der Waals surface area contributed by atoms with E-state index in [0.717, 1.165) is 10.6 Å². The third-order valence-electron chi connectivity index (χ3n) is 2.06. The second kappa shape index (κ2) is 4.81. The number of hydrogen-bond acceptors (Lipinski definition) is 4. The van der Waals surface area contributed by atoms with Crippen molar-refractivity contribution < 1.29 is 0 Å². The summed E-state index contributed by atoms with van der Waals surface area (Å²) < 4.78 is 0. The van der Waals surface area contributed by atoms with Gasteiger partial charge in [0, 0.05) is 4.90 Å². The first-order chi connectivity index (χ1) is 7.75. The zero-order valence-corrected chi connectivity index (χ0v) is 9.43. The summed E-state index contributed by atoms with van der Waals surface area (Å²) in [6, 6.07) is 14.8. The van der Waals surface area contributed by atoms with Crippen LogP contribution in [-0.4, -0.2) is 0 Å². The summed E-state index contributed by atoms with van der Waals surface area (Å²) in [5.74, 6) is 0. The third kappa shape index (κ3) is 2.61. The van der Waals surface area contributed by atoms with Gasteiger partial charge in [0.1, 0.15) is 5.69 Å². The Labute approximate surface area is 99.4 Å². The maximum Gasteiger partial charge on any atom is 0.109 e. The van der Waals surface area contributed by atoms with Gasteiger partial charge in [-0.25, -0.2) is 0 Å². The van der Waals surface area contributed by atoms with Crippen LogP contribution < -0.4 is 5.73 Å². The first-order valence-corrected chi connectivity index (χ1v) is 5.26.